The molecule has 0 spiro atoms. The van der Waals surface area contributed by atoms with Crippen LogP contribution < -0.4 is 0 Å². The molecule has 2 rings (SSSR count). The summed E-state index contributed by atoms with van der Waals surface area (Å²) in [7, 11) is 1.85. The highest BCUT2D eigenvalue weighted by Crippen LogP contribution is 2.34. The van der Waals surface area contributed by atoms with Crippen molar-refractivity contribution in [3.05, 3.63) is 35.9 Å². The third kappa shape index (κ3) is 4.66. The molecule has 1 aliphatic rings. The standard InChI is InChI=1S/C22H34N2O2/c1-6-7-8-10-15-18-16-24(20(26)17-13-11-9-12-14-17)21(22(2,3)4)23(5)19(18)25/h9,11-14,18,21H,6-8,10,15-16H2,1-5H3/t18-,21?/m1/s1. The Labute approximate surface area is 158 Å². The van der Waals surface area contributed by atoms with Crippen molar-refractivity contribution in [1.29, 1.82) is 0 Å². The second-order valence-electron chi connectivity index (χ2n) is 8.56. The van der Waals surface area contributed by atoms with E-state index in [2.05, 4.69) is 27.7 Å². The Morgan fingerprint density at radius 3 is 2.35 bits per heavy atom. The third-order valence-corrected chi connectivity index (χ3v) is 5.24. The highest BCUT2D eigenvalue weighted by Gasteiger charge is 2.45. The van der Waals surface area contributed by atoms with E-state index >= 15 is 0 Å². The Hall–Kier alpha value is -1.84. The molecule has 0 N–H and O–H groups in total. The van der Waals surface area contributed by atoms with Gasteiger partial charge >= 0.3 is 0 Å². The first-order chi connectivity index (χ1) is 12.3. The van der Waals surface area contributed by atoms with Gasteiger partial charge in [-0.3, -0.25) is 9.59 Å². The van der Waals surface area contributed by atoms with Crippen LogP contribution in [0.3, 0.4) is 0 Å². The molecule has 1 unspecified atom stereocenters. The van der Waals surface area contributed by atoms with Crippen molar-refractivity contribution in [3.63, 3.8) is 0 Å². The number of hydrogen-bond donors (Lipinski definition) is 0. The van der Waals surface area contributed by atoms with Crippen LogP contribution in [0.5, 0.6) is 0 Å². The average Bonchev–Trinajstić information content (AvgIpc) is 2.60. The third-order valence-electron chi connectivity index (χ3n) is 5.24. The van der Waals surface area contributed by atoms with E-state index in [0.29, 0.717) is 12.1 Å². The van der Waals surface area contributed by atoms with Crippen molar-refractivity contribution in [2.24, 2.45) is 11.3 Å². The molecular formula is C22H34N2O2. The first-order valence-corrected chi connectivity index (χ1v) is 9.90. The number of nitrogens with zero attached hydrogens (tertiary/aromatic N) is 2. The zero-order valence-corrected chi connectivity index (χ0v) is 17.0. The molecule has 4 nitrogen and oxygen atoms in total. The number of amides is 2. The van der Waals surface area contributed by atoms with E-state index in [9.17, 15) is 9.59 Å². The molecule has 0 aromatic heterocycles. The van der Waals surface area contributed by atoms with Crippen LogP contribution in [0.4, 0.5) is 0 Å². The molecule has 2 atom stereocenters. The van der Waals surface area contributed by atoms with Crippen molar-refractivity contribution < 1.29 is 9.59 Å². The summed E-state index contributed by atoms with van der Waals surface area (Å²) in [5.74, 6) is 0.102. The van der Waals surface area contributed by atoms with Crippen molar-refractivity contribution >= 4 is 11.8 Å². The lowest BCUT2D eigenvalue weighted by molar-refractivity contribution is -0.152. The van der Waals surface area contributed by atoms with E-state index in [0.717, 1.165) is 19.3 Å². The van der Waals surface area contributed by atoms with Crippen LogP contribution in [-0.4, -0.2) is 41.4 Å². The lowest BCUT2D eigenvalue weighted by atomic mass is 9.85. The molecule has 2 amide bonds. The topological polar surface area (TPSA) is 40.6 Å². The molecular weight excluding hydrogens is 324 g/mol. The predicted molar refractivity (Wildman–Crippen MR) is 106 cm³/mol. The van der Waals surface area contributed by atoms with E-state index in [1.165, 1.54) is 12.8 Å². The molecule has 0 bridgehead atoms. The van der Waals surface area contributed by atoms with Crippen molar-refractivity contribution in [2.45, 2.75) is 66.0 Å². The number of carbonyl (C=O) groups is 2. The molecule has 26 heavy (non-hydrogen) atoms. The van der Waals surface area contributed by atoms with Crippen LogP contribution in [0.1, 0.15) is 70.2 Å². The molecule has 0 radical (unpaired) electrons. The predicted octanol–water partition coefficient (Wildman–Crippen LogP) is 4.56. The van der Waals surface area contributed by atoms with Crippen LogP contribution in [0, 0.1) is 11.3 Å². The molecule has 1 saturated heterocycles. The van der Waals surface area contributed by atoms with Gasteiger partial charge in [0.15, 0.2) is 0 Å². The van der Waals surface area contributed by atoms with Crippen LogP contribution in [0.25, 0.3) is 0 Å². The van der Waals surface area contributed by atoms with Gasteiger partial charge in [0.2, 0.25) is 5.91 Å². The van der Waals surface area contributed by atoms with E-state index in [1.54, 1.807) is 4.90 Å². The van der Waals surface area contributed by atoms with Gasteiger partial charge in [0.05, 0.1) is 5.92 Å². The summed E-state index contributed by atoms with van der Waals surface area (Å²) in [6, 6.07) is 9.41. The van der Waals surface area contributed by atoms with Gasteiger partial charge in [-0.05, 0) is 18.6 Å². The first-order valence-electron chi connectivity index (χ1n) is 9.90. The van der Waals surface area contributed by atoms with E-state index in [4.69, 9.17) is 0 Å². The Morgan fingerprint density at radius 1 is 1.12 bits per heavy atom. The summed E-state index contributed by atoms with van der Waals surface area (Å²) in [5, 5.41) is 0. The summed E-state index contributed by atoms with van der Waals surface area (Å²) < 4.78 is 0. The highest BCUT2D eigenvalue weighted by molar-refractivity contribution is 5.95. The monoisotopic (exact) mass is 358 g/mol. The highest BCUT2D eigenvalue weighted by atomic mass is 16.2. The number of benzene rings is 1. The molecule has 0 saturated carbocycles. The number of carbonyl (C=O) groups excluding carboxylic acids is 2. The van der Waals surface area contributed by atoms with E-state index in [-0.39, 0.29) is 29.3 Å². The molecule has 144 valence electrons. The fraction of sp³-hybridized carbons (Fsp3) is 0.636. The summed E-state index contributed by atoms with van der Waals surface area (Å²) in [4.78, 5) is 29.9. The number of hydrogen-bond acceptors (Lipinski definition) is 2. The second-order valence-corrected chi connectivity index (χ2v) is 8.56. The van der Waals surface area contributed by atoms with E-state index in [1.807, 2.05) is 42.3 Å². The maximum Gasteiger partial charge on any atom is 0.255 e. The summed E-state index contributed by atoms with van der Waals surface area (Å²) >= 11 is 0. The summed E-state index contributed by atoms with van der Waals surface area (Å²) in [6.45, 7) is 8.98. The Kier molecular flexibility index (Phi) is 6.85. The molecule has 1 aromatic rings. The summed E-state index contributed by atoms with van der Waals surface area (Å²) in [6.07, 6.45) is 5.22. The van der Waals surface area contributed by atoms with Gasteiger partial charge in [-0.15, -0.1) is 0 Å². The fourth-order valence-corrected chi connectivity index (χ4v) is 4.05. The fourth-order valence-electron chi connectivity index (χ4n) is 4.05. The van der Waals surface area contributed by atoms with Crippen LogP contribution >= 0.6 is 0 Å². The maximum atomic E-state index is 13.2. The van der Waals surface area contributed by atoms with Crippen molar-refractivity contribution in [2.75, 3.05) is 13.6 Å². The molecule has 1 fully saturated rings. The molecule has 4 heteroatoms. The lowest BCUT2D eigenvalue weighted by Crippen LogP contribution is -2.64. The SMILES string of the molecule is CCCCCC[C@@H]1CN(C(=O)c2ccccc2)C(C(C)(C)C)N(C)C1=O. The molecule has 1 heterocycles. The minimum absolute atomic E-state index is 0.0171. The number of unbranched alkanes of at least 4 members (excludes halogenated alkanes) is 3. The molecule has 0 aliphatic carbocycles. The average molecular weight is 359 g/mol. The van der Waals surface area contributed by atoms with Crippen LogP contribution in [0.15, 0.2) is 30.3 Å². The van der Waals surface area contributed by atoms with Gasteiger partial charge in [-0.1, -0.05) is 71.6 Å². The maximum absolute atomic E-state index is 13.2. The quantitative estimate of drug-likeness (QED) is 0.700. The van der Waals surface area contributed by atoms with E-state index < -0.39 is 0 Å². The minimum Gasteiger partial charge on any atom is -0.324 e. The molecule has 1 aliphatic heterocycles. The summed E-state index contributed by atoms with van der Waals surface area (Å²) in [5.41, 5.74) is 0.483. The minimum atomic E-state index is -0.227. The van der Waals surface area contributed by atoms with Gasteiger partial charge in [0.1, 0.15) is 6.17 Å². The Morgan fingerprint density at radius 2 is 1.77 bits per heavy atom. The van der Waals surface area contributed by atoms with Crippen LogP contribution in [-0.2, 0) is 4.79 Å². The zero-order chi connectivity index (χ0) is 19.3. The lowest BCUT2D eigenvalue weighted by Gasteiger charge is -2.50. The van der Waals surface area contributed by atoms with Gasteiger partial charge in [-0.2, -0.15) is 0 Å². The van der Waals surface area contributed by atoms with Crippen LogP contribution in [0.2, 0.25) is 0 Å². The van der Waals surface area contributed by atoms with Crippen molar-refractivity contribution in [3.8, 4) is 0 Å². The zero-order valence-electron chi connectivity index (χ0n) is 17.0. The second kappa shape index (κ2) is 8.70. The van der Waals surface area contributed by atoms with Gasteiger partial charge in [0.25, 0.3) is 5.91 Å². The first kappa shape index (κ1) is 20.5. The van der Waals surface area contributed by atoms with Gasteiger partial charge in [0, 0.05) is 24.6 Å². The largest absolute Gasteiger partial charge is 0.324 e. The van der Waals surface area contributed by atoms with Gasteiger partial charge in [-0.25, -0.2) is 0 Å². The smallest absolute Gasteiger partial charge is 0.255 e. The van der Waals surface area contributed by atoms with Crippen molar-refractivity contribution in [1.82, 2.24) is 9.80 Å². The normalized spacial score (nSPS) is 21.2. The van der Waals surface area contributed by atoms with Gasteiger partial charge < -0.3 is 9.80 Å². The Bertz CT molecular complexity index is 606. The number of rotatable bonds is 6. The Balaban J connectivity index is 2.24. The molecule has 1 aromatic carbocycles.